The van der Waals surface area contributed by atoms with Crippen LogP contribution in [0.2, 0.25) is 0 Å². The Bertz CT molecular complexity index is 1340. The molecule has 0 bridgehead atoms. The van der Waals surface area contributed by atoms with Gasteiger partial charge in [-0.15, -0.1) is 11.8 Å². The van der Waals surface area contributed by atoms with Crippen LogP contribution in [0.3, 0.4) is 0 Å². The van der Waals surface area contributed by atoms with Gasteiger partial charge in [0.15, 0.2) is 0 Å². The maximum absolute atomic E-state index is 13.5. The summed E-state index contributed by atoms with van der Waals surface area (Å²) in [5, 5.41) is 0.712. The minimum Gasteiger partial charge on any atom is -0.459 e. The van der Waals surface area contributed by atoms with Gasteiger partial charge < -0.3 is 14.1 Å². The first-order valence-electron chi connectivity index (χ1n) is 10.7. The fraction of sp³-hybridized carbons (Fsp3) is 0.320. The fourth-order valence-electron chi connectivity index (χ4n) is 4.68. The van der Waals surface area contributed by atoms with Crippen molar-refractivity contribution in [1.29, 1.82) is 0 Å². The highest BCUT2D eigenvalue weighted by Gasteiger charge is 2.57. The van der Waals surface area contributed by atoms with Crippen molar-refractivity contribution < 1.29 is 23.1 Å². The molecule has 0 radical (unpaired) electrons. The molecule has 33 heavy (non-hydrogen) atoms. The van der Waals surface area contributed by atoms with Gasteiger partial charge in [-0.2, -0.15) is 0 Å². The molecule has 8 heteroatoms. The number of carbonyl (C=O) groups excluding carboxylic acids is 2. The van der Waals surface area contributed by atoms with Gasteiger partial charge in [-0.3, -0.25) is 4.79 Å². The molecule has 2 atom stereocenters. The number of benzene rings is 2. The lowest BCUT2D eigenvalue weighted by molar-refractivity contribution is -0.155. The summed E-state index contributed by atoms with van der Waals surface area (Å²) in [6, 6.07) is 10.4. The van der Waals surface area contributed by atoms with E-state index < -0.39 is 22.5 Å². The Hall–Kier alpha value is -3.13. The van der Waals surface area contributed by atoms with Gasteiger partial charge in [0.05, 0.1) is 0 Å². The fourth-order valence-corrected chi connectivity index (χ4v) is 6.31. The monoisotopic (exact) mass is 467 g/mol. The molecular formula is C25H22FNO5S. The van der Waals surface area contributed by atoms with Crippen LogP contribution in [0.15, 0.2) is 51.7 Å². The van der Waals surface area contributed by atoms with E-state index in [0.717, 1.165) is 16.7 Å². The second-order valence-electron chi connectivity index (χ2n) is 8.51. The average molecular weight is 468 g/mol. The number of thioether (sulfide) groups is 1. The van der Waals surface area contributed by atoms with E-state index in [2.05, 4.69) is 0 Å². The van der Waals surface area contributed by atoms with E-state index in [1.54, 1.807) is 23.1 Å². The summed E-state index contributed by atoms with van der Waals surface area (Å²) in [6.45, 7) is 3.79. The molecule has 5 rings (SSSR count). The zero-order valence-electron chi connectivity index (χ0n) is 18.2. The summed E-state index contributed by atoms with van der Waals surface area (Å²) in [4.78, 5) is 38.8. The zero-order valence-corrected chi connectivity index (χ0v) is 19.0. The summed E-state index contributed by atoms with van der Waals surface area (Å²) in [5.74, 6) is -0.608. The first-order chi connectivity index (χ1) is 15.8. The van der Waals surface area contributed by atoms with Crippen LogP contribution in [0.5, 0.6) is 0 Å². The third-order valence-corrected chi connectivity index (χ3v) is 8.11. The van der Waals surface area contributed by atoms with E-state index in [-0.39, 0.29) is 18.3 Å². The zero-order chi connectivity index (χ0) is 23.3. The predicted octanol–water partition coefficient (Wildman–Crippen LogP) is 4.18. The lowest BCUT2D eigenvalue weighted by Gasteiger charge is -2.33. The molecule has 0 N–H and O–H groups in total. The van der Waals surface area contributed by atoms with E-state index in [1.807, 2.05) is 19.9 Å². The van der Waals surface area contributed by atoms with Crippen LogP contribution in [-0.4, -0.2) is 28.6 Å². The second kappa shape index (κ2) is 8.02. The number of amides is 1. The Kier molecular flexibility index (Phi) is 5.28. The normalized spacial score (nSPS) is 22.1. The van der Waals surface area contributed by atoms with Crippen molar-refractivity contribution in [1.82, 2.24) is 4.90 Å². The quantitative estimate of drug-likeness (QED) is 0.423. The van der Waals surface area contributed by atoms with Crippen LogP contribution in [0.1, 0.15) is 35.1 Å². The molecule has 0 spiro atoms. The standard InChI is InChI=1S/C25H22FNO5S/c1-14-9-19-16(11-23(29)32-21(19)10-15(14)2)12-31-24(30)20-13-33-25(8-7-22(28)27(20)25)17-3-5-18(26)6-4-17/h3-6,9-11,20H,7-8,12-13H2,1-2H3/t20-,25-/m1/s1. The van der Waals surface area contributed by atoms with Gasteiger partial charge in [0.2, 0.25) is 5.91 Å². The van der Waals surface area contributed by atoms with Gasteiger partial charge in [-0.05, 0) is 61.2 Å². The lowest BCUT2D eigenvalue weighted by atomic mass is 10.0. The van der Waals surface area contributed by atoms with Gasteiger partial charge in [0.1, 0.15) is 28.9 Å². The van der Waals surface area contributed by atoms with Crippen LogP contribution in [0.25, 0.3) is 11.0 Å². The maximum atomic E-state index is 13.5. The van der Waals surface area contributed by atoms with Crippen molar-refractivity contribution in [2.24, 2.45) is 0 Å². The largest absolute Gasteiger partial charge is 0.459 e. The number of nitrogens with zero attached hydrogens (tertiary/aromatic N) is 1. The maximum Gasteiger partial charge on any atom is 0.336 e. The minimum atomic E-state index is -0.745. The summed E-state index contributed by atoms with van der Waals surface area (Å²) in [6.07, 6.45) is 0.867. The van der Waals surface area contributed by atoms with Crippen molar-refractivity contribution >= 4 is 34.6 Å². The summed E-state index contributed by atoms with van der Waals surface area (Å²) in [7, 11) is 0. The van der Waals surface area contributed by atoms with Gasteiger partial charge >= 0.3 is 11.6 Å². The van der Waals surface area contributed by atoms with Crippen molar-refractivity contribution in [3.8, 4) is 0 Å². The van der Waals surface area contributed by atoms with Gasteiger partial charge in [-0.1, -0.05) is 12.1 Å². The highest BCUT2D eigenvalue weighted by molar-refractivity contribution is 8.00. The number of hydrogen-bond donors (Lipinski definition) is 0. The van der Waals surface area contributed by atoms with Gasteiger partial charge in [0, 0.05) is 29.2 Å². The topological polar surface area (TPSA) is 76.8 Å². The van der Waals surface area contributed by atoms with Crippen molar-refractivity contribution in [2.45, 2.75) is 44.2 Å². The summed E-state index contributed by atoms with van der Waals surface area (Å²) < 4.78 is 24.4. The smallest absolute Gasteiger partial charge is 0.336 e. The molecule has 3 heterocycles. The van der Waals surface area contributed by atoms with Crippen molar-refractivity contribution in [3.63, 3.8) is 0 Å². The molecular weight excluding hydrogens is 445 g/mol. The third kappa shape index (κ3) is 3.62. The molecule has 2 aromatic carbocycles. The molecule has 0 aliphatic carbocycles. The lowest BCUT2D eigenvalue weighted by Crippen LogP contribution is -2.46. The Morgan fingerprint density at radius 2 is 1.91 bits per heavy atom. The number of fused-ring (bicyclic) bond motifs is 2. The number of rotatable bonds is 4. The third-order valence-electron chi connectivity index (χ3n) is 6.51. The highest BCUT2D eigenvalue weighted by Crippen LogP contribution is 2.54. The van der Waals surface area contributed by atoms with Crippen molar-refractivity contribution in [3.05, 3.63) is 81.0 Å². The van der Waals surface area contributed by atoms with Crippen molar-refractivity contribution in [2.75, 3.05) is 5.75 Å². The first kappa shape index (κ1) is 21.7. The van der Waals surface area contributed by atoms with E-state index in [4.69, 9.17) is 9.15 Å². The van der Waals surface area contributed by atoms with Crippen LogP contribution >= 0.6 is 11.8 Å². The summed E-state index contributed by atoms with van der Waals surface area (Å²) >= 11 is 1.51. The second-order valence-corrected chi connectivity index (χ2v) is 9.81. The Balaban J connectivity index is 1.40. The highest BCUT2D eigenvalue weighted by atomic mass is 32.2. The molecule has 0 unspecified atom stereocenters. The van der Waals surface area contributed by atoms with Crippen LogP contribution in [0.4, 0.5) is 4.39 Å². The average Bonchev–Trinajstić information content (AvgIpc) is 3.32. The van der Waals surface area contributed by atoms with E-state index in [9.17, 15) is 18.8 Å². The Labute approximate surface area is 193 Å². The number of ether oxygens (including phenoxy) is 1. The molecule has 2 aliphatic heterocycles. The molecule has 0 saturated carbocycles. The van der Waals surface area contributed by atoms with Crippen LogP contribution in [0, 0.1) is 19.7 Å². The molecule has 2 fully saturated rings. The number of esters is 1. The number of carbonyl (C=O) groups is 2. The molecule has 3 aromatic rings. The van der Waals surface area contributed by atoms with E-state index in [0.29, 0.717) is 35.1 Å². The van der Waals surface area contributed by atoms with Crippen LogP contribution in [-0.2, 0) is 25.8 Å². The molecule has 2 aliphatic rings. The van der Waals surface area contributed by atoms with E-state index >= 15 is 0 Å². The predicted molar refractivity (Wildman–Crippen MR) is 122 cm³/mol. The molecule has 6 nitrogen and oxygen atoms in total. The van der Waals surface area contributed by atoms with Gasteiger partial charge in [-0.25, -0.2) is 14.0 Å². The number of aryl methyl sites for hydroxylation is 2. The molecule has 170 valence electrons. The Morgan fingerprint density at radius 1 is 1.18 bits per heavy atom. The SMILES string of the molecule is Cc1cc2oc(=O)cc(COC(=O)[C@H]3CS[C@@]4(c5ccc(F)cc5)CCC(=O)N34)c2cc1C. The van der Waals surface area contributed by atoms with E-state index in [1.165, 1.54) is 30.0 Å². The summed E-state index contributed by atoms with van der Waals surface area (Å²) in [5.41, 5.74) is 3.31. The minimum absolute atomic E-state index is 0.101. The Morgan fingerprint density at radius 3 is 2.67 bits per heavy atom. The number of hydrogen-bond acceptors (Lipinski definition) is 6. The molecule has 1 amide bonds. The molecule has 1 aromatic heterocycles. The number of halogens is 1. The van der Waals surface area contributed by atoms with Gasteiger partial charge in [0.25, 0.3) is 0 Å². The molecule has 2 saturated heterocycles. The van der Waals surface area contributed by atoms with Crippen LogP contribution < -0.4 is 5.63 Å². The first-order valence-corrected chi connectivity index (χ1v) is 11.7.